The highest BCUT2D eigenvalue weighted by molar-refractivity contribution is 5.69. The first-order chi connectivity index (χ1) is 20.4. The molecule has 0 saturated carbocycles. The fraction of sp³-hybridized carbons (Fsp3) is 0.481. The quantitative estimate of drug-likeness (QED) is 0.106. The largest absolute Gasteiger partial charge is 0.571 e. The molecule has 11 atom stereocenters. The summed E-state index contributed by atoms with van der Waals surface area (Å²) in [5, 5.41) is 111. The molecular formula is C27H33O16+. The standard InChI is InChI=1S/C27H32O16/c28-7-17-19(33)21(35)23(37)26(42-17)40-15-5-10(30)4-14-11(15)6-16(25(39-14)9-1-2-12(31)13(32)3-9)41-27-24(38)22(36)20(34)18(8-29)43-27/h1-6,14,17-24,26-38H,7-8H2/p+1. The minimum atomic E-state index is -1.80. The third kappa shape index (κ3) is 5.89. The first-order valence-electron chi connectivity index (χ1n) is 13.2. The number of allylic oxidation sites excluding steroid dienone is 2. The van der Waals surface area contributed by atoms with E-state index in [2.05, 4.69) is 4.74 Å². The summed E-state index contributed by atoms with van der Waals surface area (Å²) in [5.41, 5.74) is 0.380. The summed E-state index contributed by atoms with van der Waals surface area (Å²) in [5.74, 6) is -1.54. The van der Waals surface area contributed by atoms with Crippen molar-refractivity contribution in [1.29, 1.82) is 0 Å². The first kappa shape index (κ1) is 31.0. The van der Waals surface area contributed by atoms with E-state index >= 15 is 0 Å². The smallest absolute Gasteiger partial charge is 0.305 e. The van der Waals surface area contributed by atoms with Crippen LogP contribution in [-0.4, -0.2) is 142 Å². The third-order valence-electron chi connectivity index (χ3n) is 7.43. The second-order valence-corrected chi connectivity index (χ2v) is 10.3. The van der Waals surface area contributed by atoms with Crippen molar-refractivity contribution in [3.63, 3.8) is 0 Å². The minimum absolute atomic E-state index is 0.0131. The Hall–Kier alpha value is -3.42. The van der Waals surface area contributed by atoms with Gasteiger partial charge in [0.05, 0.1) is 30.4 Å². The van der Waals surface area contributed by atoms with Crippen molar-refractivity contribution in [3.8, 4) is 11.5 Å². The monoisotopic (exact) mass is 613 g/mol. The molecule has 12 N–H and O–H groups in total. The van der Waals surface area contributed by atoms with E-state index < -0.39 is 92.2 Å². The highest BCUT2D eigenvalue weighted by Gasteiger charge is 2.48. The Morgan fingerprint density at radius 2 is 1.28 bits per heavy atom. The number of ether oxygens (including phenoxy) is 5. The molecule has 16 nitrogen and oxygen atoms in total. The van der Waals surface area contributed by atoms with Crippen molar-refractivity contribution in [2.75, 3.05) is 13.2 Å². The molecule has 236 valence electrons. The molecule has 43 heavy (non-hydrogen) atoms. The topological polar surface area (TPSA) is 272 Å². The zero-order valence-corrected chi connectivity index (χ0v) is 22.2. The number of hydrogen-bond acceptors (Lipinski definition) is 15. The summed E-state index contributed by atoms with van der Waals surface area (Å²) in [4.78, 5) is 0. The van der Waals surface area contributed by atoms with Gasteiger partial charge in [-0.2, -0.15) is 0 Å². The van der Waals surface area contributed by atoms with E-state index in [9.17, 15) is 56.2 Å². The zero-order chi connectivity index (χ0) is 31.2. The van der Waals surface area contributed by atoms with Crippen molar-refractivity contribution in [2.45, 2.75) is 67.5 Å². The van der Waals surface area contributed by atoms with Crippen LogP contribution in [0.2, 0.25) is 0 Å². The van der Waals surface area contributed by atoms with Crippen molar-refractivity contribution >= 4 is 5.76 Å². The molecule has 0 radical (unpaired) electrons. The number of aliphatic hydroxyl groups excluding tert-OH is 9. The molecule has 4 aliphatic rings. The molecule has 1 aliphatic carbocycles. The fourth-order valence-corrected chi connectivity index (χ4v) is 5.00. The Bertz CT molecular complexity index is 1320. The van der Waals surface area contributed by atoms with Crippen LogP contribution in [0.25, 0.3) is 5.76 Å². The maximum atomic E-state index is 10.6. The average Bonchev–Trinajstić information content (AvgIpc) is 2.98. The molecule has 3 heterocycles. The maximum absolute atomic E-state index is 10.6. The van der Waals surface area contributed by atoms with Crippen LogP contribution in [-0.2, 0) is 18.9 Å². The van der Waals surface area contributed by atoms with E-state index in [0.717, 1.165) is 12.1 Å². The molecule has 0 aromatic heterocycles. The molecule has 2 saturated heterocycles. The van der Waals surface area contributed by atoms with Crippen LogP contribution in [0.4, 0.5) is 0 Å². The highest BCUT2D eigenvalue weighted by Crippen LogP contribution is 2.40. The zero-order valence-electron chi connectivity index (χ0n) is 22.2. The summed E-state index contributed by atoms with van der Waals surface area (Å²) in [6.45, 7) is -1.43. The van der Waals surface area contributed by atoms with Gasteiger partial charge < -0.3 is 79.9 Å². The number of benzene rings is 1. The summed E-state index contributed by atoms with van der Waals surface area (Å²) in [6, 6.07) is 3.73. The van der Waals surface area contributed by atoms with Crippen LogP contribution in [0, 0.1) is 0 Å². The second kappa shape index (κ2) is 12.3. The van der Waals surface area contributed by atoms with E-state index in [1.54, 1.807) is 0 Å². The fourth-order valence-electron chi connectivity index (χ4n) is 5.00. The molecule has 5 rings (SSSR count). The number of phenolic OH excluding ortho intramolecular Hbond substituents is 2. The lowest BCUT2D eigenvalue weighted by molar-refractivity contribution is -0.292. The molecule has 11 unspecified atom stereocenters. The average molecular weight is 614 g/mol. The first-order valence-corrected chi connectivity index (χ1v) is 13.2. The number of phenols is 2. The van der Waals surface area contributed by atoms with E-state index in [1.807, 2.05) is 0 Å². The number of aromatic hydroxyl groups is 2. The van der Waals surface area contributed by atoms with E-state index in [1.165, 1.54) is 24.3 Å². The van der Waals surface area contributed by atoms with Gasteiger partial charge in [0.25, 0.3) is 0 Å². The van der Waals surface area contributed by atoms with Crippen LogP contribution in [0.15, 0.2) is 59.3 Å². The van der Waals surface area contributed by atoms with E-state index in [0.29, 0.717) is 0 Å². The normalized spacial score (nSPS) is 37.9. The molecule has 3 aliphatic heterocycles. The number of aliphatic hydroxyl groups is 11. The van der Waals surface area contributed by atoms with Crippen molar-refractivity contribution < 1.29 is 79.9 Å². The van der Waals surface area contributed by atoms with Crippen LogP contribution in [0.3, 0.4) is 0 Å². The van der Waals surface area contributed by atoms with Crippen LogP contribution >= 0.6 is 0 Å². The van der Waals surface area contributed by atoms with Gasteiger partial charge in [-0.05, 0) is 12.1 Å². The van der Waals surface area contributed by atoms with Gasteiger partial charge in [-0.15, -0.1) is 0 Å². The SMILES string of the molecule is OCC1OC(OC2=CC(O)=CC3[OH+]C(c4ccc(O)c(O)c4)=C(OC4OC(CO)C(O)C(O)C4O)C=C23)C(O)C(O)C1O. The molecule has 16 heteroatoms. The summed E-state index contributed by atoms with van der Waals surface area (Å²) in [7, 11) is 0. The van der Waals surface area contributed by atoms with Crippen LogP contribution < -0.4 is 0 Å². The van der Waals surface area contributed by atoms with Gasteiger partial charge in [-0.3, -0.25) is 0 Å². The van der Waals surface area contributed by atoms with Gasteiger partial charge in [0, 0.05) is 18.2 Å². The van der Waals surface area contributed by atoms with E-state index in [-0.39, 0.29) is 34.2 Å². The molecule has 0 amide bonds. The van der Waals surface area contributed by atoms with Gasteiger partial charge in [-0.25, -0.2) is 0 Å². The Morgan fingerprint density at radius 3 is 1.84 bits per heavy atom. The number of fused-ring (bicyclic) bond motifs is 1. The summed E-state index contributed by atoms with van der Waals surface area (Å²) < 4.78 is 27.1. The second-order valence-electron chi connectivity index (χ2n) is 10.3. The Balaban J connectivity index is 1.53. The van der Waals surface area contributed by atoms with Crippen molar-refractivity contribution in [1.82, 2.24) is 0 Å². The molecular weight excluding hydrogens is 580 g/mol. The van der Waals surface area contributed by atoms with Crippen LogP contribution in [0.1, 0.15) is 5.56 Å². The van der Waals surface area contributed by atoms with Crippen molar-refractivity contribution in [3.05, 3.63) is 64.8 Å². The summed E-state index contributed by atoms with van der Waals surface area (Å²) >= 11 is 0. The summed E-state index contributed by atoms with van der Waals surface area (Å²) in [6.07, 6.45) is -13.4. The molecule has 1 aromatic carbocycles. The molecule has 1 aromatic rings. The number of hydrogen-bond donors (Lipinski definition) is 11. The van der Waals surface area contributed by atoms with Crippen molar-refractivity contribution in [2.24, 2.45) is 0 Å². The molecule has 0 spiro atoms. The van der Waals surface area contributed by atoms with Gasteiger partial charge in [-0.1, -0.05) is 0 Å². The molecule has 0 bridgehead atoms. The van der Waals surface area contributed by atoms with Crippen LogP contribution in [0.5, 0.6) is 11.5 Å². The third-order valence-corrected chi connectivity index (χ3v) is 7.43. The van der Waals surface area contributed by atoms with Gasteiger partial charge in [0.1, 0.15) is 60.4 Å². The maximum Gasteiger partial charge on any atom is 0.305 e. The van der Waals surface area contributed by atoms with Gasteiger partial charge in [0.2, 0.25) is 24.4 Å². The molecule has 2 fully saturated rings. The lowest BCUT2D eigenvalue weighted by Crippen LogP contribution is -2.59. The predicted molar refractivity (Wildman–Crippen MR) is 139 cm³/mol. The Labute approximate surface area is 243 Å². The Kier molecular flexibility index (Phi) is 8.87. The van der Waals surface area contributed by atoms with E-state index in [4.69, 9.17) is 18.9 Å². The lowest BCUT2D eigenvalue weighted by atomic mass is 9.96. The Morgan fingerprint density at radius 1 is 0.698 bits per heavy atom. The van der Waals surface area contributed by atoms with Gasteiger partial charge in [0.15, 0.2) is 11.5 Å². The predicted octanol–water partition coefficient (Wildman–Crippen LogP) is -3.42. The van der Waals surface area contributed by atoms with Gasteiger partial charge >= 0.3 is 5.76 Å². The lowest BCUT2D eigenvalue weighted by Gasteiger charge is -2.41. The highest BCUT2D eigenvalue weighted by atomic mass is 16.7. The number of rotatable bonds is 7. The minimum Gasteiger partial charge on any atom is -0.571 e.